The molecule has 0 saturated carbocycles. The normalized spacial score (nSPS) is 14.2. The molecular formula is C30H30FN9O. The van der Waals surface area contributed by atoms with E-state index in [0.29, 0.717) is 23.9 Å². The van der Waals surface area contributed by atoms with Gasteiger partial charge in [0.25, 0.3) is 0 Å². The molecule has 1 fully saturated rings. The molecule has 6 rings (SSSR count). The van der Waals surface area contributed by atoms with Crippen LogP contribution in [-0.2, 0) is 11.3 Å². The van der Waals surface area contributed by atoms with E-state index in [9.17, 15) is 9.18 Å². The van der Waals surface area contributed by atoms with Gasteiger partial charge < -0.3 is 15.5 Å². The Kier molecular flexibility index (Phi) is 7.50. The van der Waals surface area contributed by atoms with Gasteiger partial charge >= 0.3 is 0 Å². The first-order valence-corrected chi connectivity index (χ1v) is 13.5. The number of rotatable bonds is 9. The molecule has 1 aromatic carbocycles. The van der Waals surface area contributed by atoms with Gasteiger partial charge in [-0.15, -0.1) is 5.10 Å². The number of hydrogen-bond acceptors (Lipinski definition) is 8. The van der Waals surface area contributed by atoms with Crippen LogP contribution in [0.4, 0.5) is 27.3 Å². The van der Waals surface area contributed by atoms with E-state index in [-0.39, 0.29) is 11.7 Å². The zero-order chi connectivity index (χ0) is 28.2. The number of aromatic nitrogens is 5. The van der Waals surface area contributed by atoms with Gasteiger partial charge in [0, 0.05) is 51.3 Å². The largest absolute Gasteiger partial charge is 0.386 e. The first-order valence-electron chi connectivity index (χ1n) is 13.5. The highest BCUT2D eigenvalue weighted by Crippen LogP contribution is 2.31. The van der Waals surface area contributed by atoms with E-state index in [2.05, 4.69) is 25.5 Å². The minimum absolute atomic E-state index is 0.111. The van der Waals surface area contributed by atoms with Crippen molar-refractivity contribution in [3.05, 3.63) is 90.8 Å². The second-order valence-electron chi connectivity index (χ2n) is 9.90. The highest BCUT2D eigenvalue weighted by atomic mass is 19.1. The molecule has 11 heteroatoms. The number of para-hydroxylation sites is 2. The number of fused-ring (bicyclic) bond motifs is 1. The van der Waals surface area contributed by atoms with Crippen LogP contribution in [0, 0.1) is 5.82 Å². The zero-order valence-electron chi connectivity index (χ0n) is 22.6. The number of benzene rings is 1. The number of nitrogens with one attached hydrogen (secondary N) is 2. The summed E-state index contributed by atoms with van der Waals surface area (Å²) in [5, 5.41) is 11.1. The van der Waals surface area contributed by atoms with Crippen LogP contribution in [-0.4, -0.2) is 62.1 Å². The van der Waals surface area contributed by atoms with Crippen molar-refractivity contribution in [2.75, 3.05) is 35.7 Å². The summed E-state index contributed by atoms with van der Waals surface area (Å²) >= 11 is 0. The molecule has 4 aromatic heterocycles. The molecule has 0 aliphatic carbocycles. The fourth-order valence-corrected chi connectivity index (χ4v) is 5.36. The third-order valence-electron chi connectivity index (χ3n) is 7.42. The van der Waals surface area contributed by atoms with Crippen LogP contribution in [0.3, 0.4) is 0 Å². The van der Waals surface area contributed by atoms with Crippen LogP contribution in [0.15, 0.2) is 79.4 Å². The van der Waals surface area contributed by atoms with Crippen LogP contribution in [0.5, 0.6) is 0 Å². The molecule has 0 atom stereocenters. The van der Waals surface area contributed by atoms with Crippen molar-refractivity contribution >= 4 is 34.8 Å². The molecule has 0 unspecified atom stereocenters. The topological polar surface area (TPSA) is 104 Å². The van der Waals surface area contributed by atoms with Crippen molar-refractivity contribution in [2.45, 2.75) is 25.4 Å². The molecule has 41 heavy (non-hydrogen) atoms. The standard InChI is InChI=1S/C30H30FN9O/c1-32-25-6-2-3-8-27(25)39(20-41)22-11-15-38(16-12-22)19-21-10-17-40-28(21)30(35-24-9-14-33-18-23(24)31)36-29(37-40)26-7-4-5-13-34-26/h2-10,13-14,17-18,20,22,32H,11-12,15-16,19H2,1H3,(H,33,35,36,37). The summed E-state index contributed by atoms with van der Waals surface area (Å²) in [7, 11) is 1.86. The third-order valence-corrected chi connectivity index (χ3v) is 7.42. The molecule has 0 spiro atoms. The Bertz CT molecular complexity index is 1650. The highest BCUT2D eigenvalue weighted by molar-refractivity contribution is 5.84. The van der Waals surface area contributed by atoms with Crippen LogP contribution < -0.4 is 15.5 Å². The lowest BCUT2D eigenvalue weighted by Crippen LogP contribution is -2.44. The number of pyridine rings is 2. The lowest BCUT2D eigenvalue weighted by Gasteiger charge is -2.37. The van der Waals surface area contributed by atoms with E-state index in [1.807, 2.05) is 66.7 Å². The maximum atomic E-state index is 14.6. The van der Waals surface area contributed by atoms with Gasteiger partial charge in [-0.3, -0.25) is 19.7 Å². The van der Waals surface area contributed by atoms with Crippen LogP contribution >= 0.6 is 0 Å². The van der Waals surface area contributed by atoms with Crippen molar-refractivity contribution in [1.82, 2.24) is 29.5 Å². The molecule has 1 saturated heterocycles. The van der Waals surface area contributed by atoms with Gasteiger partial charge in [-0.1, -0.05) is 18.2 Å². The molecule has 5 heterocycles. The second kappa shape index (κ2) is 11.7. The number of carbonyl (C=O) groups is 1. The van der Waals surface area contributed by atoms with Crippen molar-refractivity contribution in [2.24, 2.45) is 0 Å². The first-order chi connectivity index (χ1) is 20.1. The summed E-state index contributed by atoms with van der Waals surface area (Å²) in [5.74, 6) is 0.434. The first kappa shape index (κ1) is 26.3. The maximum absolute atomic E-state index is 14.6. The molecule has 1 amide bonds. The number of amides is 1. The molecule has 208 valence electrons. The quantitative estimate of drug-likeness (QED) is 0.253. The number of hydrogen-bond donors (Lipinski definition) is 2. The number of nitrogens with zero attached hydrogens (tertiary/aromatic N) is 7. The Labute approximate surface area is 236 Å². The van der Waals surface area contributed by atoms with Gasteiger partial charge in [-0.25, -0.2) is 13.9 Å². The summed E-state index contributed by atoms with van der Waals surface area (Å²) in [5.41, 5.74) is 4.49. The number of carbonyl (C=O) groups excluding carboxylic acids is 1. The average molecular weight is 552 g/mol. The molecule has 1 aliphatic heterocycles. The summed E-state index contributed by atoms with van der Waals surface area (Å²) in [6.45, 7) is 2.31. The van der Waals surface area contributed by atoms with E-state index >= 15 is 0 Å². The van der Waals surface area contributed by atoms with Gasteiger partial charge in [0.1, 0.15) is 11.2 Å². The lowest BCUT2D eigenvalue weighted by molar-refractivity contribution is -0.108. The summed E-state index contributed by atoms with van der Waals surface area (Å²) in [6.07, 6.45) is 8.90. The zero-order valence-corrected chi connectivity index (χ0v) is 22.6. The van der Waals surface area contributed by atoms with Crippen LogP contribution in [0.25, 0.3) is 17.0 Å². The third kappa shape index (κ3) is 5.44. The number of likely N-dealkylation sites (tertiary alicyclic amines) is 1. The molecular weight excluding hydrogens is 521 g/mol. The van der Waals surface area contributed by atoms with Crippen LogP contribution in [0.2, 0.25) is 0 Å². The predicted octanol–water partition coefficient (Wildman–Crippen LogP) is 4.74. The highest BCUT2D eigenvalue weighted by Gasteiger charge is 2.27. The summed E-state index contributed by atoms with van der Waals surface area (Å²) in [4.78, 5) is 29.3. The molecule has 0 bridgehead atoms. The maximum Gasteiger partial charge on any atom is 0.214 e. The van der Waals surface area contributed by atoms with Crippen molar-refractivity contribution < 1.29 is 9.18 Å². The predicted molar refractivity (Wildman–Crippen MR) is 157 cm³/mol. The fraction of sp³-hybridized carbons (Fsp3) is 0.233. The molecule has 1 aliphatic rings. The lowest BCUT2D eigenvalue weighted by atomic mass is 10.0. The summed E-state index contributed by atoms with van der Waals surface area (Å²) < 4.78 is 16.3. The summed E-state index contributed by atoms with van der Waals surface area (Å²) in [6, 6.07) is 17.1. The van der Waals surface area contributed by atoms with Gasteiger partial charge in [0.05, 0.1) is 23.3 Å². The number of anilines is 4. The minimum Gasteiger partial charge on any atom is -0.386 e. The minimum atomic E-state index is -0.474. The van der Waals surface area contributed by atoms with E-state index in [1.54, 1.807) is 16.8 Å². The van der Waals surface area contributed by atoms with Crippen molar-refractivity contribution in [1.29, 1.82) is 0 Å². The molecule has 5 aromatic rings. The Morgan fingerprint density at radius 1 is 1.05 bits per heavy atom. The van der Waals surface area contributed by atoms with E-state index in [4.69, 9.17) is 10.1 Å². The van der Waals surface area contributed by atoms with Gasteiger partial charge in [0.2, 0.25) is 12.2 Å². The fourth-order valence-electron chi connectivity index (χ4n) is 5.36. The van der Waals surface area contributed by atoms with Crippen LogP contribution in [0.1, 0.15) is 18.4 Å². The Morgan fingerprint density at radius 2 is 1.88 bits per heavy atom. The van der Waals surface area contributed by atoms with Gasteiger partial charge in [-0.05, 0) is 54.8 Å². The van der Waals surface area contributed by atoms with Gasteiger partial charge in [-0.2, -0.15) is 0 Å². The smallest absolute Gasteiger partial charge is 0.214 e. The number of halogens is 1. The monoisotopic (exact) mass is 551 g/mol. The molecule has 10 nitrogen and oxygen atoms in total. The van der Waals surface area contributed by atoms with Crippen molar-refractivity contribution in [3.8, 4) is 11.5 Å². The van der Waals surface area contributed by atoms with Crippen molar-refractivity contribution in [3.63, 3.8) is 0 Å². The molecule has 2 N–H and O–H groups in total. The number of piperidine rings is 1. The van der Waals surface area contributed by atoms with E-state index in [0.717, 1.165) is 54.8 Å². The Balaban J connectivity index is 1.26. The van der Waals surface area contributed by atoms with E-state index < -0.39 is 5.82 Å². The Morgan fingerprint density at radius 3 is 2.63 bits per heavy atom. The van der Waals surface area contributed by atoms with Gasteiger partial charge in [0.15, 0.2) is 11.6 Å². The average Bonchev–Trinajstić information content (AvgIpc) is 3.43. The second-order valence-corrected chi connectivity index (χ2v) is 9.90. The molecule has 0 radical (unpaired) electrons. The van der Waals surface area contributed by atoms with E-state index in [1.165, 1.54) is 12.4 Å². The Hall–Kier alpha value is -4.90. The SMILES string of the molecule is CNc1ccccc1N(C=O)C1CCN(Cc2ccn3nc(-c4ccccn4)nc(Nc4ccncc4F)c23)CC1.